The van der Waals surface area contributed by atoms with E-state index in [1.807, 2.05) is 25.5 Å². The van der Waals surface area contributed by atoms with E-state index in [1.54, 1.807) is 18.2 Å². The first-order chi connectivity index (χ1) is 11.0. The standard InChI is InChI=1S/C16H21ClN4O2/c1-5-21-11(3)12(10(2)20-21)9-18-16(22)19-14-8-6-7-13(17)15(14)23-4/h6-8H,5,9H2,1-4H3,(H2,18,19,22). The molecule has 0 radical (unpaired) electrons. The van der Waals surface area contributed by atoms with Crippen LogP contribution in [0.2, 0.25) is 5.02 Å². The summed E-state index contributed by atoms with van der Waals surface area (Å²) >= 11 is 6.04. The summed E-state index contributed by atoms with van der Waals surface area (Å²) in [5.74, 6) is 0.440. The summed E-state index contributed by atoms with van der Waals surface area (Å²) in [6, 6.07) is 4.86. The Kier molecular flexibility index (Phi) is 5.50. The molecule has 2 rings (SSSR count). The lowest BCUT2D eigenvalue weighted by Crippen LogP contribution is -2.28. The van der Waals surface area contributed by atoms with Crippen LogP contribution < -0.4 is 15.4 Å². The van der Waals surface area contributed by atoms with Gasteiger partial charge in [-0.3, -0.25) is 4.68 Å². The lowest BCUT2D eigenvalue weighted by atomic mass is 10.2. The van der Waals surface area contributed by atoms with Gasteiger partial charge in [0.2, 0.25) is 0 Å². The van der Waals surface area contributed by atoms with E-state index in [1.165, 1.54) is 7.11 Å². The normalized spacial score (nSPS) is 10.5. The molecule has 0 bridgehead atoms. The molecular formula is C16H21ClN4O2. The van der Waals surface area contributed by atoms with Gasteiger partial charge in [0.25, 0.3) is 0 Å². The minimum Gasteiger partial charge on any atom is -0.493 e. The number of halogens is 1. The lowest BCUT2D eigenvalue weighted by molar-refractivity contribution is 0.251. The molecule has 6 nitrogen and oxygen atoms in total. The average molecular weight is 337 g/mol. The third-order valence-electron chi connectivity index (χ3n) is 3.68. The van der Waals surface area contributed by atoms with Gasteiger partial charge in [-0.25, -0.2) is 4.79 Å². The molecule has 0 aliphatic carbocycles. The van der Waals surface area contributed by atoms with E-state index < -0.39 is 0 Å². The Hall–Kier alpha value is -2.21. The second-order valence-corrected chi connectivity index (χ2v) is 5.50. The number of urea groups is 1. The molecule has 0 atom stereocenters. The van der Waals surface area contributed by atoms with E-state index in [0.717, 1.165) is 23.5 Å². The molecule has 2 aromatic rings. The van der Waals surface area contributed by atoms with Crippen LogP contribution in [-0.2, 0) is 13.1 Å². The molecule has 0 fully saturated rings. The van der Waals surface area contributed by atoms with Crippen LogP contribution >= 0.6 is 11.6 Å². The Morgan fingerprint density at radius 1 is 1.39 bits per heavy atom. The highest BCUT2D eigenvalue weighted by molar-refractivity contribution is 6.32. The topological polar surface area (TPSA) is 68.2 Å². The number of benzene rings is 1. The number of nitrogens with zero attached hydrogens (tertiary/aromatic N) is 2. The van der Waals surface area contributed by atoms with Crippen LogP contribution in [0.25, 0.3) is 0 Å². The summed E-state index contributed by atoms with van der Waals surface area (Å²) < 4.78 is 7.13. The van der Waals surface area contributed by atoms with Crippen molar-refractivity contribution in [3.8, 4) is 5.75 Å². The number of amides is 2. The van der Waals surface area contributed by atoms with E-state index in [-0.39, 0.29) is 6.03 Å². The number of para-hydroxylation sites is 1. The third-order valence-corrected chi connectivity index (χ3v) is 3.97. The Morgan fingerprint density at radius 3 is 2.74 bits per heavy atom. The summed E-state index contributed by atoms with van der Waals surface area (Å²) in [5.41, 5.74) is 3.53. The number of aromatic nitrogens is 2. The van der Waals surface area contributed by atoms with Crippen LogP contribution in [0.15, 0.2) is 18.2 Å². The van der Waals surface area contributed by atoms with Gasteiger partial charge in [-0.1, -0.05) is 17.7 Å². The fourth-order valence-corrected chi connectivity index (χ4v) is 2.70. The number of methoxy groups -OCH3 is 1. The van der Waals surface area contributed by atoms with Crippen molar-refractivity contribution in [2.45, 2.75) is 33.9 Å². The number of hydrogen-bond acceptors (Lipinski definition) is 3. The zero-order valence-corrected chi connectivity index (χ0v) is 14.5. The molecule has 2 N–H and O–H groups in total. The SMILES string of the molecule is CCn1nc(C)c(CNC(=O)Nc2cccc(Cl)c2OC)c1C. The zero-order valence-electron chi connectivity index (χ0n) is 13.7. The van der Waals surface area contributed by atoms with Crippen LogP contribution in [0.1, 0.15) is 23.9 Å². The zero-order chi connectivity index (χ0) is 17.0. The third kappa shape index (κ3) is 3.76. The number of carbonyl (C=O) groups excluding carboxylic acids is 1. The van der Waals surface area contributed by atoms with E-state index in [9.17, 15) is 4.79 Å². The van der Waals surface area contributed by atoms with Crippen molar-refractivity contribution in [2.75, 3.05) is 12.4 Å². The van der Waals surface area contributed by atoms with E-state index in [2.05, 4.69) is 15.7 Å². The Balaban J connectivity index is 2.04. The molecule has 1 aromatic heterocycles. The number of aryl methyl sites for hydroxylation is 2. The van der Waals surface area contributed by atoms with Gasteiger partial charge in [0.15, 0.2) is 5.75 Å². The molecule has 2 amide bonds. The number of anilines is 1. The van der Waals surface area contributed by atoms with E-state index in [4.69, 9.17) is 16.3 Å². The van der Waals surface area contributed by atoms with Crippen molar-refractivity contribution in [2.24, 2.45) is 0 Å². The first-order valence-electron chi connectivity index (χ1n) is 7.38. The smallest absolute Gasteiger partial charge is 0.319 e. The molecule has 7 heteroatoms. The highest BCUT2D eigenvalue weighted by Gasteiger charge is 2.13. The first kappa shape index (κ1) is 17.1. The largest absolute Gasteiger partial charge is 0.493 e. The van der Waals surface area contributed by atoms with Gasteiger partial charge in [-0.2, -0.15) is 5.10 Å². The molecule has 0 saturated heterocycles. The Morgan fingerprint density at radius 2 is 2.13 bits per heavy atom. The number of carbonyl (C=O) groups is 1. The van der Waals surface area contributed by atoms with Gasteiger partial charge in [0.05, 0.1) is 23.5 Å². The minimum absolute atomic E-state index is 0.325. The molecule has 23 heavy (non-hydrogen) atoms. The first-order valence-corrected chi connectivity index (χ1v) is 7.76. The highest BCUT2D eigenvalue weighted by atomic mass is 35.5. The second-order valence-electron chi connectivity index (χ2n) is 5.09. The van der Waals surface area contributed by atoms with Gasteiger partial charge >= 0.3 is 6.03 Å². The quantitative estimate of drug-likeness (QED) is 0.878. The van der Waals surface area contributed by atoms with Crippen LogP contribution in [-0.4, -0.2) is 22.9 Å². The van der Waals surface area contributed by atoms with Crippen LogP contribution in [0, 0.1) is 13.8 Å². The predicted octanol–water partition coefficient (Wildman–Crippen LogP) is 3.50. The Labute approximate surface area is 140 Å². The van der Waals surface area contributed by atoms with Crippen molar-refractivity contribution >= 4 is 23.3 Å². The molecule has 124 valence electrons. The number of nitrogens with one attached hydrogen (secondary N) is 2. The fraction of sp³-hybridized carbons (Fsp3) is 0.375. The van der Waals surface area contributed by atoms with Gasteiger partial charge in [0.1, 0.15) is 0 Å². The maximum atomic E-state index is 12.1. The molecule has 0 aliphatic heterocycles. The molecule has 1 heterocycles. The fourth-order valence-electron chi connectivity index (χ4n) is 2.45. The number of hydrogen-bond donors (Lipinski definition) is 2. The van der Waals surface area contributed by atoms with Gasteiger partial charge in [0, 0.05) is 24.3 Å². The average Bonchev–Trinajstić information content (AvgIpc) is 2.79. The van der Waals surface area contributed by atoms with Crippen molar-refractivity contribution in [1.29, 1.82) is 0 Å². The van der Waals surface area contributed by atoms with Crippen LogP contribution in [0.3, 0.4) is 0 Å². The monoisotopic (exact) mass is 336 g/mol. The number of rotatable bonds is 5. The minimum atomic E-state index is -0.325. The predicted molar refractivity (Wildman–Crippen MR) is 91.2 cm³/mol. The molecule has 0 spiro atoms. The summed E-state index contributed by atoms with van der Waals surface area (Å²) in [6.07, 6.45) is 0. The molecular weight excluding hydrogens is 316 g/mol. The van der Waals surface area contributed by atoms with E-state index >= 15 is 0 Å². The second kappa shape index (κ2) is 7.37. The summed E-state index contributed by atoms with van der Waals surface area (Å²) in [6.45, 7) is 7.19. The Bertz CT molecular complexity index is 712. The van der Waals surface area contributed by atoms with Crippen molar-refractivity contribution in [3.05, 3.63) is 40.2 Å². The molecule has 0 unspecified atom stereocenters. The molecule has 1 aromatic carbocycles. The molecule has 0 saturated carbocycles. The van der Waals surface area contributed by atoms with Gasteiger partial charge in [-0.15, -0.1) is 0 Å². The number of ether oxygens (including phenoxy) is 1. The maximum Gasteiger partial charge on any atom is 0.319 e. The summed E-state index contributed by atoms with van der Waals surface area (Å²) in [7, 11) is 1.51. The van der Waals surface area contributed by atoms with Crippen molar-refractivity contribution in [1.82, 2.24) is 15.1 Å². The summed E-state index contributed by atoms with van der Waals surface area (Å²) in [4.78, 5) is 12.1. The van der Waals surface area contributed by atoms with E-state index in [0.29, 0.717) is 23.0 Å². The molecule has 0 aliphatic rings. The van der Waals surface area contributed by atoms with Crippen LogP contribution in [0.4, 0.5) is 10.5 Å². The highest BCUT2D eigenvalue weighted by Crippen LogP contribution is 2.32. The van der Waals surface area contributed by atoms with Crippen LogP contribution in [0.5, 0.6) is 5.75 Å². The van der Waals surface area contributed by atoms with Crippen molar-refractivity contribution < 1.29 is 9.53 Å². The van der Waals surface area contributed by atoms with Crippen molar-refractivity contribution in [3.63, 3.8) is 0 Å². The van der Waals surface area contributed by atoms with Gasteiger partial charge < -0.3 is 15.4 Å². The maximum absolute atomic E-state index is 12.1. The lowest BCUT2D eigenvalue weighted by Gasteiger charge is -2.12. The van der Waals surface area contributed by atoms with Gasteiger partial charge in [-0.05, 0) is 32.9 Å². The summed E-state index contributed by atoms with van der Waals surface area (Å²) in [5, 5.41) is 10.5.